The van der Waals surface area contributed by atoms with Crippen LogP contribution in [0.1, 0.15) is 15.9 Å². The Balaban J connectivity index is 1.33. The number of rotatable bonds is 4. The molecule has 0 radical (unpaired) electrons. The molecule has 4 rings (SSSR count). The zero-order valence-corrected chi connectivity index (χ0v) is 16.1. The van der Waals surface area contributed by atoms with Crippen LogP contribution in [-0.4, -0.2) is 42.3 Å². The Morgan fingerprint density at radius 2 is 1.81 bits per heavy atom. The first-order valence-corrected chi connectivity index (χ1v) is 11.3. The van der Waals surface area contributed by atoms with Crippen molar-refractivity contribution in [1.82, 2.24) is 5.32 Å². The molecule has 8 heteroatoms. The van der Waals surface area contributed by atoms with Crippen molar-refractivity contribution in [2.45, 2.75) is 17.8 Å². The highest BCUT2D eigenvalue weighted by Gasteiger charge is 2.42. The third kappa shape index (κ3) is 4.33. The number of carbonyl (C=O) groups excluding carboxylic acids is 1. The van der Waals surface area contributed by atoms with Crippen LogP contribution in [0.4, 0.5) is 5.69 Å². The number of amidine groups is 1. The fraction of sp³-hybridized carbons (Fsp3) is 0.263. The molecule has 2 atom stereocenters. The minimum absolute atomic E-state index is 0.0144. The number of anilines is 1. The zero-order chi connectivity index (χ0) is 18.9. The van der Waals surface area contributed by atoms with Gasteiger partial charge in [-0.15, -0.1) is 0 Å². The summed E-state index contributed by atoms with van der Waals surface area (Å²) in [5.41, 5.74) is 2.46. The van der Waals surface area contributed by atoms with Crippen molar-refractivity contribution in [3.05, 3.63) is 65.7 Å². The Morgan fingerprint density at radius 3 is 2.52 bits per heavy atom. The molecule has 27 heavy (non-hydrogen) atoms. The van der Waals surface area contributed by atoms with Gasteiger partial charge in [-0.2, -0.15) is 0 Å². The molecule has 0 aliphatic carbocycles. The molecule has 0 aromatic heterocycles. The van der Waals surface area contributed by atoms with Crippen LogP contribution in [0.5, 0.6) is 0 Å². The van der Waals surface area contributed by atoms with Gasteiger partial charge in [0.1, 0.15) is 0 Å². The molecular formula is C19H19N3O3S2. The van der Waals surface area contributed by atoms with Crippen molar-refractivity contribution in [2.75, 3.05) is 16.8 Å². The molecule has 1 fully saturated rings. The van der Waals surface area contributed by atoms with Crippen LogP contribution in [0.3, 0.4) is 0 Å². The van der Waals surface area contributed by atoms with E-state index in [1.165, 1.54) is 11.8 Å². The fourth-order valence-electron chi connectivity index (χ4n) is 3.12. The Bertz CT molecular complexity index is 973. The van der Waals surface area contributed by atoms with E-state index in [0.717, 1.165) is 16.4 Å². The summed E-state index contributed by atoms with van der Waals surface area (Å²) in [4.78, 5) is 16.7. The summed E-state index contributed by atoms with van der Waals surface area (Å²) in [5, 5.41) is 6.86. The van der Waals surface area contributed by atoms with Crippen LogP contribution in [-0.2, 0) is 16.4 Å². The van der Waals surface area contributed by atoms with E-state index in [1.807, 2.05) is 42.5 Å². The van der Waals surface area contributed by atoms with Crippen molar-refractivity contribution < 1.29 is 13.2 Å². The average Bonchev–Trinajstić information content (AvgIpc) is 3.13. The average molecular weight is 402 g/mol. The number of sulfone groups is 1. The summed E-state index contributed by atoms with van der Waals surface area (Å²) in [6, 6.07) is 16.8. The standard InChI is InChI=1S/C19H19N3O3S2/c23-18(20-10-13-4-2-1-3-5-13)14-6-8-15(9-7-14)21-19-22-16-11-27(24,25)12-17(16)26-19/h1-9,16-17H,10-12H2,(H,20,23)(H,21,22)/t16-,17-/m1/s1. The van der Waals surface area contributed by atoms with Gasteiger partial charge >= 0.3 is 0 Å². The molecule has 6 nitrogen and oxygen atoms in total. The molecule has 2 aromatic rings. The molecule has 0 spiro atoms. The second-order valence-electron chi connectivity index (χ2n) is 6.61. The Morgan fingerprint density at radius 1 is 1.07 bits per heavy atom. The van der Waals surface area contributed by atoms with Gasteiger partial charge in [-0.25, -0.2) is 8.42 Å². The van der Waals surface area contributed by atoms with Gasteiger partial charge in [0, 0.05) is 23.0 Å². The summed E-state index contributed by atoms with van der Waals surface area (Å²) < 4.78 is 23.2. The summed E-state index contributed by atoms with van der Waals surface area (Å²) in [6.07, 6.45) is 0. The quantitative estimate of drug-likeness (QED) is 0.821. The largest absolute Gasteiger partial charge is 0.348 e. The van der Waals surface area contributed by atoms with Crippen molar-refractivity contribution >= 4 is 38.4 Å². The number of thioether (sulfide) groups is 1. The first-order chi connectivity index (χ1) is 13.0. The van der Waals surface area contributed by atoms with Crippen molar-refractivity contribution in [3.63, 3.8) is 0 Å². The van der Waals surface area contributed by atoms with Gasteiger partial charge in [0.15, 0.2) is 15.0 Å². The third-order valence-electron chi connectivity index (χ3n) is 4.51. The minimum Gasteiger partial charge on any atom is -0.348 e. The van der Waals surface area contributed by atoms with Crippen LogP contribution in [0.2, 0.25) is 0 Å². The highest BCUT2D eigenvalue weighted by molar-refractivity contribution is 8.15. The third-order valence-corrected chi connectivity index (χ3v) is 7.65. The maximum atomic E-state index is 12.3. The Hall–Kier alpha value is -2.32. The van der Waals surface area contributed by atoms with Gasteiger partial charge < -0.3 is 10.6 Å². The topological polar surface area (TPSA) is 87.6 Å². The fourth-order valence-corrected chi connectivity index (χ4v) is 6.80. The van der Waals surface area contributed by atoms with Gasteiger partial charge in [0.25, 0.3) is 5.91 Å². The molecule has 2 heterocycles. The lowest BCUT2D eigenvalue weighted by molar-refractivity contribution is 0.0951. The lowest BCUT2D eigenvalue weighted by atomic mass is 10.2. The molecular weight excluding hydrogens is 382 g/mol. The van der Waals surface area contributed by atoms with Gasteiger partial charge in [-0.05, 0) is 29.8 Å². The summed E-state index contributed by atoms with van der Waals surface area (Å²) in [7, 11) is -2.94. The number of carbonyl (C=O) groups is 1. The van der Waals surface area contributed by atoms with Crippen LogP contribution in [0.15, 0.2) is 59.6 Å². The predicted octanol–water partition coefficient (Wildman–Crippen LogP) is 2.30. The van der Waals surface area contributed by atoms with Crippen LogP contribution in [0.25, 0.3) is 0 Å². The van der Waals surface area contributed by atoms with Crippen molar-refractivity contribution in [3.8, 4) is 0 Å². The second kappa shape index (κ2) is 7.36. The van der Waals surface area contributed by atoms with Gasteiger partial charge in [-0.3, -0.25) is 9.79 Å². The van der Waals surface area contributed by atoms with E-state index in [2.05, 4.69) is 15.6 Å². The number of amides is 1. The highest BCUT2D eigenvalue weighted by atomic mass is 32.2. The molecule has 2 aliphatic heterocycles. The molecule has 0 saturated carbocycles. The van der Waals surface area contributed by atoms with E-state index in [9.17, 15) is 13.2 Å². The molecule has 140 valence electrons. The van der Waals surface area contributed by atoms with Crippen molar-refractivity contribution in [2.24, 2.45) is 4.99 Å². The molecule has 1 amide bonds. The first kappa shape index (κ1) is 18.1. The van der Waals surface area contributed by atoms with Crippen molar-refractivity contribution in [1.29, 1.82) is 0 Å². The zero-order valence-electron chi connectivity index (χ0n) is 14.5. The van der Waals surface area contributed by atoms with E-state index in [4.69, 9.17) is 0 Å². The highest BCUT2D eigenvalue weighted by Crippen LogP contribution is 2.34. The monoisotopic (exact) mass is 401 g/mol. The maximum absolute atomic E-state index is 12.3. The van der Waals surface area contributed by atoms with E-state index < -0.39 is 9.84 Å². The number of hydrogen-bond donors (Lipinski definition) is 2. The number of benzene rings is 2. The van der Waals surface area contributed by atoms with Gasteiger partial charge in [-0.1, -0.05) is 42.1 Å². The lowest BCUT2D eigenvalue weighted by Crippen LogP contribution is -2.22. The molecule has 1 saturated heterocycles. The van der Waals surface area contributed by atoms with E-state index in [0.29, 0.717) is 12.1 Å². The second-order valence-corrected chi connectivity index (χ2v) is 9.99. The van der Waals surface area contributed by atoms with E-state index in [-0.39, 0.29) is 28.7 Å². The Kier molecular flexibility index (Phi) is 4.92. The van der Waals surface area contributed by atoms with Gasteiger partial charge in [0.2, 0.25) is 0 Å². The molecule has 0 unspecified atom stereocenters. The van der Waals surface area contributed by atoms with Crippen LogP contribution in [0, 0.1) is 0 Å². The minimum atomic E-state index is -2.94. The lowest BCUT2D eigenvalue weighted by Gasteiger charge is -2.08. The summed E-state index contributed by atoms with van der Waals surface area (Å²) in [5.74, 6) is 0.200. The number of nitrogens with zero attached hydrogens (tertiary/aromatic N) is 1. The number of aliphatic imine (C=N–C) groups is 1. The first-order valence-electron chi connectivity index (χ1n) is 8.63. The normalized spacial score (nSPS) is 22.7. The maximum Gasteiger partial charge on any atom is 0.251 e. The number of hydrogen-bond acceptors (Lipinski definition) is 6. The molecule has 2 N–H and O–H groups in total. The van der Waals surface area contributed by atoms with Crippen LogP contribution < -0.4 is 10.6 Å². The number of fused-ring (bicyclic) bond motifs is 1. The predicted molar refractivity (Wildman–Crippen MR) is 109 cm³/mol. The van der Waals surface area contributed by atoms with E-state index in [1.54, 1.807) is 12.1 Å². The molecule has 2 aromatic carbocycles. The van der Waals surface area contributed by atoms with E-state index >= 15 is 0 Å². The molecule has 0 bridgehead atoms. The number of nitrogens with one attached hydrogen (secondary N) is 2. The van der Waals surface area contributed by atoms with Crippen LogP contribution >= 0.6 is 11.8 Å². The SMILES string of the molecule is O=C(NCc1ccccc1)c1ccc(NC2=N[C@@H]3CS(=O)(=O)C[C@H]3S2)cc1. The van der Waals surface area contributed by atoms with Gasteiger partial charge in [0.05, 0.1) is 17.5 Å². The Labute approximate surface area is 162 Å². The smallest absolute Gasteiger partial charge is 0.251 e. The molecule has 2 aliphatic rings. The summed E-state index contributed by atoms with van der Waals surface area (Å²) in [6.45, 7) is 0.485. The summed E-state index contributed by atoms with van der Waals surface area (Å²) >= 11 is 1.48.